The number of sulfonamides is 1. The van der Waals surface area contributed by atoms with Crippen LogP contribution in [0.5, 0.6) is 0 Å². The first-order chi connectivity index (χ1) is 11.9. The molecule has 0 aliphatic carbocycles. The molecular weight excluding hydrogens is 338 g/mol. The van der Waals surface area contributed by atoms with Gasteiger partial charge in [0, 0.05) is 18.4 Å². The fourth-order valence-corrected chi connectivity index (χ4v) is 3.27. The molecule has 0 fully saturated rings. The van der Waals surface area contributed by atoms with Gasteiger partial charge in [0.05, 0.1) is 18.5 Å². The van der Waals surface area contributed by atoms with Gasteiger partial charge in [-0.3, -0.25) is 0 Å². The van der Waals surface area contributed by atoms with E-state index < -0.39 is 10.0 Å². The lowest BCUT2D eigenvalue weighted by Gasteiger charge is -2.23. The Hall–Kier alpha value is -2.77. The highest BCUT2D eigenvalue weighted by Crippen LogP contribution is 2.32. The summed E-state index contributed by atoms with van der Waals surface area (Å²) in [5, 5.41) is 8.60. The van der Waals surface area contributed by atoms with Gasteiger partial charge in [-0.2, -0.15) is 0 Å². The van der Waals surface area contributed by atoms with E-state index in [1.807, 2.05) is 42.5 Å². The fourth-order valence-electron chi connectivity index (χ4n) is 2.52. The lowest BCUT2D eigenvalue weighted by atomic mass is 10.2. The van der Waals surface area contributed by atoms with Crippen molar-refractivity contribution in [3.63, 3.8) is 0 Å². The molecule has 1 heterocycles. The molecule has 0 aliphatic heterocycles. The summed E-state index contributed by atoms with van der Waals surface area (Å²) >= 11 is 0. The smallest absolute Gasteiger partial charge is 0.240 e. The van der Waals surface area contributed by atoms with Crippen LogP contribution in [0.25, 0.3) is 0 Å². The second-order valence-electron chi connectivity index (χ2n) is 5.55. The first-order valence-corrected chi connectivity index (χ1v) is 9.21. The number of rotatable bonds is 6. The van der Waals surface area contributed by atoms with Crippen LogP contribution in [0.3, 0.4) is 0 Å². The molecule has 0 unspecified atom stereocenters. The van der Waals surface area contributed by atoms with Crippen LogP contribution in [0.15, 0.2) is 76.2 Å². The normalized spacial score (nSPS) is 11.3. The van der Waals surface area contributed by atoms with Gasteiger partial charge in [0.15, 0.2) is 0 Å². The highest BCUT2D eigenvalue weighted by Gasteiger charge is 2.18. The summed E-state index contributed by atoms with van der Waals surface area (Å²) < 4.78 is 29.2. The molecular formula is C18H19N3O3S. The van der Waals surface area contributed by atoms with E-state index in [2.05, 4.69) is 5.32 Å². The Morgan fingerprint density at radius 3 is 2.48 bits per heavy atom. The van der Waals surface area contributed by atoms with Gasteiger partial charge in [-0.15, -0.1) is 0 Å². The molecule has 3 aromatic rings. The Bertz CT molecular complexity index is 939. The largest absolute Gasteiger partial charge is 0.467 e. The molecule has 0 saturated heterocycles. The Labute approximate surface area is 146 Å². The summed E-state index contributed by atoms with van der Waals surface area (Å²) in [5.74, 6) is 0.786. The van der Waals surface area contributed by atoms with Crippen LogP contribution >= 0.6 is 0 Å². The third-order valence-corrected chi connectivity index (χ3v) is 4.78. The predicted molar refractivity (Wildman–Crippen MR) is 98.4 cm³/mol. The van der Waals surface area contributed by atoms with Crippen molar-refractivity contribution < 1.29 is 12.8 Å². The van der Waals surface area contributed by atoms with E-state index in [1.165, 1.54) is 6.07 Å². The molecule has 0 atom stereocenters. The molecule has 0 radical (unpaired) electrons. The van der Waals surface area contributed by atoms with Crippen molar-refractivity contribution in [3.05, 3.63) is 72.7 Å². The topological polar surface area (TPSA) is 88.6 Å². The van der Waals surface area contributed by atoms with Crippen LogP contribution in [-0.4, -0.2) is 15.5 Å². The number of furan rings is 1. The molecule has 2 aromatic carbocycles. The third kappa shape index (κ3) is 4.01. The van der Waals surface area contributed by atoms with Gasteiger partial charge in [0.25, 0.3) is 0 Å². The number of anilines is 3. The summed E-state index contributed by atoms with van der Waals surface area (Å²) in [4.78, 5) is 1.86. The summed E-state index contributed by atoms with van der Waals surface area (Å²) in [6.45, 7) is 0.496. The third-order valence-electron chi connectivity index (χ3n) is 3.82. The number of nitrogens with two attached hydrogens (primary N) is 1. The van der Waals surface area contributed by atoms with Gasteiger partial charge in [-0.05, 0) is 42.5 Å². The summed E-state index contributed by atoms with van der Waals surface area (Å²) in [5.41, 5.74) is 2.12. The zero-order valence-corrected chi connectivity index (χ0v) is 14.5. The first kappa shape index (κ1) is 17.1. The van der Waals surface area contributed by atoms with E-state index in [-0.39, 0.29) is 4.90 Å². The van der Waals surface area contributed by atoms with Gasteiger partial charge in [-0.25, -0.2) is 13.6 Å². The summed E-state index contributed by atoms with van der Waals surface area (Å²) in [6.07, 6.45) is 1.61. The second-order valence-corrected chi connectivity index (χ2v) is 7.08. The van der Waals surface area contributed by atoms with Crippen molar-refractivity contribution in [3.8, 4) is 0 Å². The highest BCUT2D eigenvalue weighted by atomic mass is 32.2. The predicted octanol–water partition coefficient (Wildman–Crippen LogP) is 3.31. The molecule has 0 bridgehead atoms. The lowest BCUT2D eigenvalue weighted by Crippen LogP contribution is -2.19. The number of primary sulfonamides is 1. The van der Waals surface area contributed by atoms with Crippen LogP contribution in [0.2, 0.25) is 0 Å². The zero-order chi connectivity index (χ0) is 17.9. The minimum atomic E-state index is -3.85. The van der Waals surface area contributed by atoms with Crippen LogP contribution in [0.4, 0.5) is 17.1 Å². The van der Waals surface area contributed by atoms with Crippen LogP contribution in [0.1, 0.15) is 5.76 Å². The molecule has 130 valence electrons. The highest BCUT2D eigenvalue weighted by molar-refractivity contribution is 7.89. The van der Waals surface area contributed by atoms with E-state index in [0.717, 1.165) is 17.1 Å². The maximum Gasteiger partial charge on any atom is 0.240 e. The SMILES string of the molecule is CN(c1ccccc1)c1cc(NCc2ccco2)ccc1S(N)(=O)=O. The Morgan fingerprint density at radius 2 is 1.84 bits per heavy atom. The number of hydrogen-bond acceptors (Lipinski definition) is 5. The summed E-state index contributed by atoms with van der Waals surface area (Å²) in [7, 11) is -2.05. The maximum absolute atomic E-state index is 12.0. The van der Waals surface area contributed by atoms with Crippen molar-refractivity contribution in [2.24, 2.45) is 5.14 Å². The molecule has 1 aromatic heterocycles. The zero-order valence-electron chi connectivity index (χ0n) is 13.7. The molecule has 0 spiro atoms. The van der Waals surface area contributed by atoms with Crippen LogP contribution in [0, 0.1) is 0 Å². The molecule has 6 nitrogen and oxygen atoms in total. The lowest BCUT2D eigenvalue weighted by molar-refractivity contribution is 0.518. The number of nitrogens with one attached hydrogen (secondary N) is 1. The monoisotopic (exact) mass is 357 g/mol. The van der Waals surface area contributed by atoms with Gasteiger partial charge in [-0.1, -0.05) is 18.2 Å². The molecule has 0 amide bonds. The van der Waals surface area contributed by atoms with E-state index in [9.17, 15) is 8.42 Å². The van der Waals surface area contributed by atoms with Crippen molar-refractivity contribution in [2.75, 3.05) is 17.3 Å². The molecule has 0 aliphatic rings. The van der Waals surface area contributed by atoms with Gasteiger partial charge < -0.3 is 14.6 Å². The second kappa shape index (κ2) is 7.00. The molecule has 25 heavy (non-hydrogen) atoms. The fraction of sp³-hybridized carbons (Fsp3) is 0.111. The maximum atomic E-state index is 12.0. The van der Waals surface area contributed by atoms with E-state index in [4.69, 9.17) is 9.56 Å². The minimum absolute atomic E-state index is 0.0717. The Kier molecular flexibility index (Phi) is 4.78. The molecule has 7 heteroatoms. The molecule has 3 rings (SSSR count). The Balaban J connectivity index is 1.96. The standard InChI is InChI=1S/C18H19N3O3S/c1-21(15-6-3-2-4-7-15)17-12-14(9-10-18(17)25(19,22)23)20-13-16-8-5-11-24-16/h2-12,20H,13H2,1H3,(H2,19,22,23). The number of nitrogens with zero attached hydrogens (tertiary/aromatic N) is 1. The molecule has 3 N–H and O–H groups in total. The van der Waals surface area contributed by atoms with E-state index in [0.29, 0.717) is 12.2 Å². The van der Waals surface area contributed by atoms with Crippen LogP contribution < -0.4 is 15.4 Å². The van der Waals surface area contributed by atoms with E-state index in [1.54, 1.807) is 30.3 Å². The average molecular weight is 357 g/mol. The van der Waals surface area contributed by atoms with E-state index >= 15 is 0 Å². The van der Waals surface area contributed by atoms with Gasteiger partial charge >= 0.3 is 0 Å². The summed E-state index contributed by atoms with van der Waals surface area (Å²) in [6, 6.07) is 18.1. The first-order valence-electron chi connectivity index (χ1n) is 7.67. The average Bonchev–Trinajstić information content (AvgIpc) is 3.12. The Morgan fingerprint density at radius 1 is 1.08 bits per heavy atom. The van der Waals surface area contributed by atoms with Crippen molar-refractivity contribution in [1.29, 1.82) is 0 Å². The number of hydrogen-bond donors (Lipinski definition) is 2. The van der Waals surface area contributed by atoms with Crippen molar-refractivity contribution in [1.82, 2.24) is 0 Å². The van der Waals surface area contributed by atoms with Crippen molar-refractivity contribution in [2.45, 2.75) is 11.4 Å². The minimum Gasteiger partial charge on any atom is -0.467 e. The number of benzene rings is 2. The van der Waals surface area contributed by atoms with Crippen LogP contribution in [-0.2, 0) is 16.6 Å². The van der Waals surface area contributed by atoms with Crippen molar-refractivity contribution >= 4 is 27.1 Å². The number of para-hydroxylation sites is 1. The van der Waals surface area contributed by atoms with Gasteiger partial charge in [0.2, 0.25) is 10.0 Å². The quantitative estimate of drug-likeness (QED) is 0.706. The van der Waals surface area contributed by atoms with Gasteiger partial charge in [0.1, 0.15) is 10.7 Å². The molecule has 0 saturated carbocycles.